The standard InChI is InChI=1S/C21H30N6O/c1-25(2)20-9-8-17(14-22-20)24-16-6-5-11-26(13-10-16)21(28)18-15-23-27-12-4-3-7-19(18)27/h8-9,14-16,24H,3-7,10-13H2,1-2H3/t16-/m1/s1. The number of hydrogen-bond donors (Lipinski definition) is 1. The van der Waals surface area contributed by atoms with Gasteiger partial charge in [-0.25, -0.2) is 4.98 Å². The van der Waals surface area contributed by atoms with Crippen molar-refractivity contribution in [3.05, 3.63) is 35.8 Å². The van der Waals surface area contributed by atoms with Crippen molar-refractivity contribution in [2.24, 2.45) is 0 Å². The molecule has 0 spiro atoms. The van der Waals surface area contributed by atoms with Crippen molar-refractivity contribution in [2.75, 3.05) is 37.4 Å². The van der Waals surface area contributed by atoms with E-state index in [1.165, 1.54) is 0 Å². The van der Waals surface area contributed by atoms with Gasteiger partial charge in [0, 0.05) is 39.8 Å². The van der Waals surface area contributed by atoms with Crippen molar-refractivity contribution >= 4 is 17.4 Å². The fourth-order valence-electron chi connectivity index (χ4n) is 4.19. The van der Waals surface area contributed by atoms with Crippen LogP contribution in [0.15, 0.2) is 24.5 Å². The maximum Gasteiger partial charge on any atom is 0.257 e. The quantitative estimate of drug-likeness (QED) is 0.881. The van der Waals surface area contributed by atoms with Crippen molar-refractivity contribution in [3.63, 3.8) is 0 Å². The van der Waals surface area contributed by atoms with Gasteiger partial charge in [-0.2, -0.15) is 5.10 Å². The zero-order valence-electron chi connectivity index (χ0n) is 16.9. The summed E-state index contributed by atoms with van der Waals surface area (Å²) in [7, 11) is 3.98. The summed E-state index contributed by atoms with van der Waals surface area (Å²) in [5.74, 6) is 1.11. The molecule has 1 N–H and O–H groups in total. The molecular formula is C21H30N6O. The highest BCUT2D eigenvalue weighted by Gasteiger charge is 2.26. The largest absolute Gasteiger partial charge is 0.381 e. The molecule has 2 aromatic rings. The van der Waals surface area contributed by atoms with E-state index < -0.39 is 0 Å². The predicted octanol–water partition coefficient (Wildman–Crippen LogP) is 2.79. The Labute approximate surface area is 166 Å². The molecule has 28 heavy (non-hydrogen) atoms. The Morgan fingerprint density at radius 1 is 1.11 bits per heavy atom. The van der Waals surface area contributed by atoms with Gasteiger partial charge in [0.2, 0.25) is 0 Å². The molecular weight excluding hydrogens is 352 g/mol. The van der Waals surface area contributed by atoms with E-state index >= 15 is 0 Å². The minimum absolute atomic E-state index is 0.154. The Morgan fingerprint density at radius 2 is 2.00 bits per heavy atom. The number of pyridine rings is 1. The predicted molar refractivity (Wildman–Crippen MR) is 111 cm³/mol. The molecule has 0 unspecified atom stereocenters. The van der Waals surface area contributed by atoms with E-state index in [-0.39, 0.29) is 5.91 Å². The van der Waals surface area contributed by atoms with Crippen molar-refractivity contribution < 1.29 is 4.79 Å². The molecule has 150 valence electrons. The van der Waals surface area contributed by atoms with Gasteiger partial charge >= 0.3 is 0 Å². The topological polar surface area (TPSA) is 66.3 Å². The summed E-state index contributed by atoms with van der Waals surface area (Å²) >= 11 is 0. The van der Waals surface area contributed by atoms with Crippen LogP contribution in [0.25, 0.3) is 0 Å². The maximum absolute atomic E-state index is 13.1. The summed E-state index contributed by atoms with van der Waals surface area (Å²) in [5, 5.41) is 8.03. The lowest BCUT2D eigenvalue weighted by Crippen LogP contribution is -2.33. The highest BCUT2D eigenvalue weighted by Crippen LogP contribution is 2.22. The Balaban J connectivity index is 1.37. The smallest absolute Gasteiger partial charge is 0.257 e. The summed E-state index contributed by atoms with van der Waals surface area (Å²) in [4.78, 5) is 21.6. The molecule has 0 aromatic carbocycles. The van der Waals surface area contributed by atoms with Gasteiger partial charge in [0.1, 0.15) is 5.82 Å². The molecule has 1 saturated heterocycles. The van der Waals surface area contributed by atoms with Crippen LogP contribution in [0.5, 0.6) is 0 Å². The summed E-state index contributed by atoms with van der Waals surface area (Å²) in [6.45, 7) is 2.54. The summed E-state index contributed by atoms with van der Waals surface area (Å²) in [6, 6.07) is 4.47. The molecule has 2 aromatic heterocycles. The molecule has 0 saturated carbocycles. The van der Waals surface area contributed by atoms with E-state index in [2.05, 4.69) is 21.5 Å². The molecule has 0 bridgehead atoms. The zero-order chi connectivity index (χ0) is 19.5. The maximum atomic E-state index is 13.1. The number of aryl methyl sites for hydroxylation is 1. The van der Waals surface area contributed by atoms with Gasteiger partial charge in [-0.3, -0.25) is 9.48 Å². The lowest BCUT2D eigenvalue weighted by Gasteiger charge is -2.22. The van der Waals surface area contributed by atoms with Crippen LogP contribution in [0.2, 0.25) is 0 Å². The molecule has 7 nitrogen and oxygen atoms in total. The van der Waals surface area contributed by atoms with Gasteiger partial charge in [0.05, 0.1) is 29.3 Å². The lowest BCUT2D eigenvalue weighted by atomic mass is 10.1. The summed E-state index contributed by atoms with van der Waals surface area (Å²) in [6.07, 6.45) is 9.97. The monoisotopic (exact) mass is 382 g/mol. The van der Waals surface area contributed by atoms with Gasteiger partial charge in [-0.05, 0) is 50.7 Å². The van der Waals surface area contributed by atoms with Crippen LogP contribution in [0.3, 0.4) is 0 Å². The fraction of sp³-hybridized carbons (Fsp3) is 0.571. The number of likely N-dealkylation sites (tertiary alicyclic amines) is 1. The van der Waals surface area contributed by atoms with Gasteiger partial charge in [0.25, 0.3) is 5.91 Å². The molecule has 4 heterocycles. The van der Waals surface area contributed by atoms with E-state index in [1.54, 1.807) is 6.20 Å². The average Bonchev–Trinajstić information content (AvgIpc) is 3.00. The third-order valence-corrected chi connectivity index (χ3v) is 5.80. The SMILES string of the molecule is CN(C)c1ccc(N[C@@H]2CCCN(C(=O)c3cnn4c3CCCC4)CC2)cn1. The van der Waals surface area contributed by atoms with Crippen LogP contribution in [0.4, 0.5) is 11.5 Å². The third kappa shape index (κ3) is 3.98. The summed E-state index contributed by atoms with van der Waals surface area (Å²) < 4.78 is 2.02. The second-order valence-electron chi connectivity index (χ2n) is 8.05. The number of amides is 1. The molecule has 1 atom stereocenters. The highest BCUT2D eigenvalue weighted by molar-refractivity contribution is 5.95. The van der Waals surface area contributed by atoms with Gasteiger partial charge in [-0.1, -0.05) is 0 Å². The first-order chi connectivity index (χ1) is 13.6. The van der Waals surface area contributed by atoms with Gasteiger partial charge in [-0.15, -0.1) is 0 Å². The van der Waals surface area contributed by atoms with E-state index in [1.807, 2.05) is 40.8 Å². The minimum Gasteiger partial charge on any atom is -0.381 e. The van der Waals surface area contributed by atoms with Crippen LogP contribution < -0.4 is 10.2 Å². The van der Waals surface area contributed by atoms with Crippen LogP contribution in [0.1, 0.15) is 48.2 Å². The molecule has 2 aliphatic rings. The number of rotatable bonds is 4. The number of hydrogen-bond acceptors (Lipinski definition) is 5. The lowest BCUT2D eigenvalue weighted by molar-refractivity contribution is 0.0760. The first-order valence-corrected chi connectivity index (χ1v) is 10.4. The molecule has 2 aliphatic heterocycles. The third-order valence-electron chi connectivity index (χ3n) is 5.80. The number of anilines is 2. The minimum atomic E-state index is 0.154. The molecule has 0 aliphatic carbocycles. The normalized spacial score (nSPS) is 19.6. The van der Waals surface area contributed by atoms with E-state index in [0.29, 0.717) is 6.04 Å². The number of fused-ring (bicyclic) bond motifs is 1. The second-order valence-corrected chi connectivity index (χ2v) is 8.05. The zero-order valence-corrected chi connectivity index (χ0v) is 16.9. The van der Waals surface area contributed by atoms with Crippen molar-refractivity contribution in [3.8, 4) is 0 Å². The number of nitrogens with zero attached hydrogens (tertiary/aromatic N) is 5. The molecule has 1 fully saturated rings. The average molecular weight is 383 g/mol. The van der Waals surface area contributed by atoms with Crippen LogP contribution >= 0.6 is 0 Å². The first-order valence-electron chi connectivity index (χ1n) is 10.4. The Bertz CT molecular complexity index is 813. The Hall–Kier alpha value is -2.57. The number of carbonyl (C=O) groups is 1. The van der Waals surface area contributed by atoms with Gasteiger partial charge in [0.15, 0.2) is 0 Å². The van der Waals surface area contributed by atoms with E-state index in [0.717, 1.165) is 80.9 Å². The first kappa shape index (κ1) is 18.8. The van der Waals surface area contributed by atoms with Crippen LogP contribution in [-0.2, 0) is 13.0 Å². The van der Waals surface area contributed by atoms with Crippen molar-refractivity contribution in [2.45, 2.75) is 51.1 Å². The number of carbonyl (C=O) groups excluding carboxylic acids is 1. The molecule has 7 heteroatoms. The molecule has 0 radical (unpaired) electrons. The van der Waals surface area contributed by atoms with E-state index in [4.69, 9.17) is 0 Å². The van der Waals surface area contributed by atoms with Gasteiger partial charge < -0.3 is 15.1 Å². The van der Waals surface area contributed by atoms with Crippen LogP contribution in [0, 0.1) is 0 Å². The number of aromatic nitrogens is 3. The van der Waals surface area contributed by atoms with E-state index in [9.17, 15) is 4.79 Å². The molecule has 4 rings (SSSR count). The summed E-state index contributed by atoms with van der Waals surface area (Å²) in [5.41, 5.74) is 2.98. The van der Waals surface area contributed by atoms with Crippen molar-refractivity contribution in [1.82, 2.24) is 19.7 Å². The Morgan fingerprint density at radius 3 is 2.79 bits per heavy atom. The fourth-order valence-corrected chi connectivity index (χ4v) is 4.19. The highest BCUT2D eigenvalue weighted by atomic mass is 16.2. The second kappa shape index (κ2) is 8.20. The van der Waals surface area contributed by atoms with Crippen molar-refractivity contribution in [1.29, 1.82) is 0 Å². The Kier molecular flexibility index (Phi) is 5.50. The molecule has 1 amide bonds. The van der Waals surface area contributed by atoms with Crippen LogP contribution in [-0.4, -0.2) is 58.8 Å². The number of nitrogens with one attached hydrogen (secondary N) is 1.